The Morgan fingerprint density at radius 3 is 3.13 bits per heavy atom. The van der Waals surface area contributed by atoms with E-state index in [0.717, 1.165) is 18.8 Å². The molecule has 0 aliphatic heterocycles. The van der Waals surface area contributed by atoms with Gasteiger partial charge in [-0.2, -0.15) is 0 Å². The van der Waals surface area contributed by atoms with E-state index in [0.29, 0.717) is 11.8 Å². The first kappa shape index (κ1) is 10.7. The van der Waals surface area contributed by atoms with Crippen molar-refractivity contribution >= 4 is 17.4 Å². The average molecular weight is 225 g/mol. The van der Waals surface area contributed by atoms with Crippen LogP contribution in [0, 0.1) is 5.92 Å². The lowest BCUT2D eigenvalue weighted by Crippen LogP contribution is -2.13. The highest BCUT2D eigenvalue weighted by Crippen LogP contribution is 2.21. The third-order valence-electron chi connectivity index (χ3n) is 2.82. The predicted octanol–water partition coefficient (Wildman–Crippen LogP) is 2.86. The van der Waals surface area contributed by atoms with Gasteiger partial charge in [-0.3, -0.25) is 0 Å². The number of hydrogen-bond acceptors (Lipinski definition) is 2. The van der Waals surface area contributed by atoms with E-state index in [4.69, 9.17) is 11.6 Å². The predicted molar refractivity (Wildman–Crippen MR) is 64.6 cm³/mol. The fraction of sp³-hybridized carbons (Fsp3) is 0.583. The average Bonchev–Trinajstić information content (AvgIpc) is 2.72. The van der Waals surface area contributed by atoms with E-state index < -0.39 is 0 Å². The van der Waals surface area contributed by atoms with E-state index >= 15 is 0 Å². The minimum atomic E-state index is 0.488. The van der Waals surface area contributed by atoms with Gasteiger partial charge < -0.3 is 5.32 Å². The largest absolute Gasteiger partial charge is 0.370 e. The van der Waals surface area contributed by atoms with Crippen LogP contribution in [-0.2, 0) is 12.8 Å². The van der Waals surface area contributed by atoms with Gasteiger partial charge in [0, 0.05) is 18.1 Å². The van der Waals surface area contributed by atoms with Crippen molar-refractivity contribution in [3.63, 3.8) is 0 Å². The topological polar surface area (TPSA) is 24.9 Å². The Morgan fingerprint density at radius 1 is 1.47 bits per heavy atom. The summed E-state index contributed by atoms with van der Waals surface area (Å²) in [6, 6.07) is 4.27. The summed E-state index contributed by atoms with van der Waals surface area (Å²) >= 11 is 5.75. The molecule has 15 heavy (non-hydrogen) atoms. The summed E-state index contributed by atoms with van der Waals surface area (Å²) in [6.07, 6.45) is 3.58. The first-order valence-electron chi connectivity index (χ1n) is 5.58. The Kier molecular flexibility index (Phi) is 3.47. The van der Waals surface area contributed by atoms with Gasteiger partial charge in [0.1, 0.15) is 5.82 Å². The standard InChI is InChI=1S/C12H17ClN2/c1-9(7-13)8-14-12-6-5-10-3-2-4-11(10)15-12/h5-6,9H,2-4,7-8H2,1H3,(H,14,15). The smallest absolute Gasteiger partial charge is 0.126 e. The van der Waals surface area contributed by atoms with Crippen LogP contribution in [0.5, 0.6) is 0 Å². The number of nitrogens with zero attached hydrogens (tertiary/aromatic N) is 1. The van der Waals surface area contributed by atoms with Crippen molar-refractivity contribution < 1.29 is 0 Å². The minimum absolute atomic E-state index is 0.488. The van der Waals surface area contributed by atoms with Crippen molar-refractivity contribution in [3.8, 4) is 0 Å². The van der Waals surface area contributed by atoms with E-state index in [1.54, 1.807) is 0 Å². The van der Waals surface area contributed by atoms with Gasteiger partial charge in [-0.1, -0.05) is 13.0 Å². The van der Waals surface area contributed by atoms with Crippen molar-refractivity contribution in [1.82, 2.24) is 4.98 Å². The second kappa shape index (κ2) is 4.84. The van der Waals surface area contributed by atoms with Crippen molar-refractivity contribution in [2.24, 2.45) is 5.92 Å². The van der Waals surface area contributed by atoms with Crippen LogP contribution in [-0.4, -0.2) is 17.4 Å². The second-order valence-electron chi connectivity index (χ2n) is 4.30. The number of nitrogens with one attached hydrogen (secondary N) is 1. The number of aromatic nitrogens is 1. The lowest BCUT2D eigenvalue weighted by Gasteiger charge is -2.10. The molecule has 0 amide bonds. The molecule has 1 aromatic rings. The van der Waals surface area contributed by atoms with E-state index in [1.165, 1.54) is 24.1 Å². The molecule has 1 aromatic heterocycles. The summed E-state index contributed by atoms with van der Waals surface area (Å²) in [5.41, 5.74) is 2.70. The van der Waals surface area contributed by atoms with Crippen molar-refractivity contribution in [2.45, 2.75) is 26.2 Å². The molecule has 2 nitrogen and oxygen atoms in total. The number of aryl methyl sites for hydroxylation is 2. The minimum Gasteiger partial charge on any atom is -0.370 e. The molecule has 82 valence electrons. The first-order valence-corrected chi connectivity index (χ1v) is 6.11. The lowest BCUT2D eigenvalue weighted by atomic mass is 10.2. The number of pyridine rings is 1. The molecule has 0 saturated heterocycles. The Hall–Kier alpha value is -0.760. The third kappa shape index (κ3) is 2.63. The normalized spacial score (nSPS) is 16.1. The van der Waals surface area contributed by atoms with Gasteiger partial charge >= 0.3 is 0 Å². The summed E-state index contributed by atoms with van der Waals surface area (Å²) in [7, 11) is 0. The number of halogens is 1. The first-order chi connectivity index (χ1) is 7.29. The highest BCUT2D eigenvalue weighted by molar-refractivity contribution is 6.18. The molecule has 1 aliphatic carbocycles. The second-order valence-corrected chi connectivity index (χ2v) is 4.60. The number of alkyl halides is 1. The van der Waals surface area contributed by atoms with Crippen LogP contribution in [0.4, 0.5) is 5.82 Å². The van der Waals surface area contributed by atoms with Crippen LogP contribution >= 0.6 is 11.6 Å². The van der Waals surface area contributed by atoms with E-state index in [1.807, 2.05) is 0 Å². The fourth-order valence-corrected chi connectivity index (χ4v) is 1.96. The lowest BCUT2D eigenvalue weighted by molar-refractivity contribution is 0.694. The van der Waals surface area contributed by atoms with Crippen molar-refractivity contribution in [1.29, 1.82) is 0 Å². The summed E-state index contributed by atoms with van der Waals surface area (Å²) in [5.74, 6) is 2.17. The summed E-state index contributed by atoms with van der Waals surface area (Å²) in [4.78, 5) is 4.61. The van der Waals surface area contributed by atoms with E-state index in [-0.39, 0.29) is 0 Å². The van der Waals surface area contributed by atoms with E-state index in [2.05, 4.69) is 29.4 Å². The number of fused-ring (bicyclic) bond motifs is 1. The molecule has 1 atom stereocenters. The van der Waals surface area contributed by atoms with E-state index in [9.17, 15) is 0 Å². The maximum absolute atomic E-state index is 5.75. The molecule has 3 heteroatoms. The van der Waals surface area contributed by atoms with Gasteiger partial charge in [0.2, 0.25) is 0 Å². The van der Waals surface area contributed by atoms with Crippen LogP contribution < -0.4 is 5.32 Å². The Labute approximate surface area is 96.1 Å². The highest BCUT2D eigenvalue weighted by atomic mass is 35.5. The molecule has 1 unspecified atom stereocenters. The number of rotatable bonds is 4. The van der Waals surface area contributed by atoms with Gasteiger partial charge in [-0.05, 0) is 36.8 Å². The van der Waals surface area contributed by atoms with Gasteiger partial charge in [-0.25, -0.2) is 4.98 Å². The maximum Gasteiger partial charge on any atom is 0.126 e. The molecule has 0 fully saturated rings. The third-order valence-corrected chi connectivity index (χ3v) is 3.35. The zero-order chi connectivity index (χ0) is 10.7. The molecule has 0 aromatic carbocycles. The van der Waals surface area contributed by atoms with Gasteiger partial charge in [0.05, 0.1) is 0 Å². The highest BCUT2D eigenvalue weighted by Gasteiger charge is 2.12. The summed E-state index contributed by atoms with van der Waals surface area (Å²) in [5, 5.41) is 3.33. The quantitative estimate of drug-likeness (QED) is 0.796. The van der Waals surface area contributed by atoms with Crippen LogP contribution in [0.3, 0.4) is 0 Å². The molecular weight excluding hydrogens is 208 g/mol. The van der Waals surface area contributed by atoms with Crippen LogP contribution in [0.2, 0.25) is 0 Å². The zero-order valence-electron chi connectivity index (χ0n) is 9.09. The summed E-state index contributed by atoms with van der Waals surface area (Å²) < 4.78 is 0. The number of hydrogen-bond donors (Lipinski definition) is 1. The molecule has 1 heterocycles. The Morgan fingerprint density at radius 2 is 2.33 bits per heavy atom. The fourth-order valence-electron chi connectivity index (χ4n) is 1.85. The zero-order valence-corrected chi connectivity index (χ0v) is 9.85. The van der Waals surface area contributed by atoms with Crippen molar-refractivity contribution in [2.75, 3.05) is 17.7 Å². The maximum atomic E-state index is 5.75. The number of anilines is 1. The van der Waals surface area contributed by atoms with Gasteiger partial charge in [0.15, 0.2) is 0 Å². The molecule has 1 N–H and O–H groups in total. The van der Waals surface area contributed by atoms with Crippen LogP contribution in [0.25, 0.3) is 0 Å². The SMILES string of the molecule is CC(CCl)CNc1ccc2c(n1)CCC2. The van der Waals surface area contributed by atoms with Crippen LogP contribution in [0.15, 0.2) is 12.1 Å². The van der Waals surface area contributed by atoms with Crippen LogP contribution in [0.1, 0.15) is 24.6 Å². The molecule has 0 radical (unpaired) electrons. The monoisotopic (exact) mass is 224 g/mol. The van der Waals surface area contributed by atoms with Gasteiger partial charge in [0.25, 0.3) is 0 Å². The van der Waals surface area contributed by atoms with Gasteiger partial charge in [-0.15, -0.1) is 11.6 Å². The molecule has 0 saturated carbocycles. The molecule has 1 aliphatic rings. The molecular formula is C12H17ClN2. The Balaban J connectivity index is 1.98. The molecule has 0 spiro atoms. The molecule has 2 rings (SSSR count). The Bertz CT molecular complexity index is 338. The summed E-state index contributed by atoms with van der Waals surface area (Å²) in [6.45, 7) is 3.03. The van der Waals surface area contributed by atoms with Crippen molar-refractivity contribution in [3.05, 3.63) is 23.4 Å². The molecule has 0 bridgehead atoms.